The van der Waals surface area contributed by atoms with Gasteiger partial charge in [0.15, 0.2) is 0 Å². The van der Waals surface area contributed by atoms with E-state index in [4.69, 9.17) is 5.73 Å². The quantitative estimate of drug-likeness (QED) is 0.569. The van der Waals surface area contributed by atoms with Crippen molar-refractivity contribution in [2.24, 2.45) is 15.7 Å². The number of hydrogen-bond donors (Lipinski definition) is 1. The van der Waals surface area contributed by atoms with Gasteiger partial charge in [0, 0.05) is 7.05 Å². The monoisotopic (exact) mass is 139 g/mol. The van der Waals surface area contributed by atoms with Gasteiger partial charge in [0.25, 0.3) is 0 Å². The predicted octanol–water partition coefficient (Wildman–Crippen LogP) is 0.968. The van der Waals surface area contributed by atoms with E-state index in [0.717, 1.165) is 11.4 Å². The molecule has 0 saturated carbocycles. The zero-order valence-corrected chi connectivity index (χ0v) is 6.68. The molecule has 10 heavy (non-hydrogen) atoms. The SMILES string of the molecule is C=N/C(C)=C(/N)C(C)=NC. The Kier molecular flexibility index (Phi) is 3.39. The van der Waals surface area contributed by atoms with Crippen molar-refractivity contribution in [3.05, 3.63) is 11.4 Å². The molecule has 0 radical (unpaired) electrons. The van der Waals surface area contributed by atoms with Crippen LogP contribution in [0.25, 0.3) is 0 Å². The lowest BCUT2D eigenvalue weighted by atomic mass is 10.2. The number of hydrogen-bond acceptors (Lipinski definition) is 3. The lowest BCUT2D eigenvalue weighted by molar-refractivity contribution is 1.22. The van der Waals surface area contributed by atoms with E-state index < -0.39 is 0 Å². The first-order valence-corrected chi connectivity index (χ1v) is 3.00. The molecular formula is C7H13N3. The van der Waals surface area contributed by atoms with E-state index in [1.165, 1.54) is 0 Å². The van der Waals surface area contributed by atoms with E-state index in [0.29, 0.717) is 5.70 Å². The molecule has 56 valence electrons. The number of rotatable bonds is 2. The number of aliphatic imine (C=N–C) groups is 2. The van der Waals surface area contributed by atoms with Crippen molar-refractivity contribution >= 4 is 12.4 Å². The van der Waals surface area contributed by atoms with Crippen LogP contribution in [0.3, 0.4) is 0 Å². The molecule has 0 spiro atoms. The molecule has 0 fully saturated rings. The summed E-state index contributed by atoms with van der Waals surface area (Å²) in [6, 6.07) is 0. The second-order valence-electron chi connectivity index (χ2n) is 1.97. The first-order chi connectivity index (χ1) is 4.63. The predicted molar refractivity (Wildman–Crippen MR) is 45.5 cm³/mol. The van der Waals surface area contributed by atoms with Crippen molar-refractivity contribution < 1.29 is 0 Å². The normalized spacial score (nSPS) is 14.5. The Labute approximate surface area is 61.4 Å². The summed E-state index contributed by atoms with van der Waals surface area (Å²) in [5.74, 6) is 0. The number of allylic oxidation sites excluding steroid dienone is 2. The lowest BCUT2D eigenvalue weighted by Gasteiger charge is -2.00. The highest BCUT2D eigenvalue weighted by atomic mass is 14.8. The summed E-state index contributed by atoms with van der Waals surface area (Å²) in [6.07, 6.45) is 0. The fraction of sp³-hybridized carbons (Fsp3) is 0.429. The average molecular weight is 139 g/mol. The summed E-state index contributed by atoms with van der Waals surface area (Å²) in [5, 5.41) is 0. The molecule has 3 heteroatoms. The molecule has 0 aliphatic carbocycles. The van der Waals surface area contributed by atoms with Crippen LogP contribution in [0, 0.1) is 0 Å². The Morgan fingerprint density at radius 2 is 1.90 bits per heavy atom. The molecule has 0 amide bonds. The summed E-state index contributed by atoms with van der Waals surface area (Å²) in [4.78, 5) is 7.58. The summed E-state index contributed by atoms with van der Waals surface area (Å²) >= 11 is 0. The van der Waals surface area contributed by atoms with Crippen LogP contribution in [0.1, 0.15) is 13.8 Å². The molecule has 0 atom stereocenters. The second kappa shape index (κ2) is 3.82. The summed E-state index contributed by atoms with van der Waals surface area (Å²) in [6.45, 7) is 7.00. The van der Waals surface area contributed by atoms with Gasteiger partial charge in [0.2, 0.25) is 0 Å². The van der Waals surface area contributed by atoms with Crippen molar-refractivity contribution in [1.29, 1.82) is 0 Å². The van der Waals surface area contributed by atoms with Crippen LogP contribution in [0.2, 0.25) is 0 Å². The second-order valence-corrected chi connectivity index (χ2v) is 1.97. The Hall–Kier alpha value is -1.12. The molecule has 0 aliphatic rings. The van der Waals surface area contributed by atoms with E-state index in [-0.39, 0.29) is 0 Å². The van der Waals surface area contributed by atoms with Gasteiger partial charge in [0.05, 0.1) is 17.1 Å². The van der Waals surface area contributed by atoms with Gasteiger partial charge in [0.1, 0.15) is 0 Å². The lowest BCUT2D eigenvalue weighted by Crippen LogP contribution is -2.09. The molecule has 0 aromatic carbocycles. The fourth-order valence-electron chi connectivity index (χ4n) is 0.467. The maximum absolute atomic E-state index is 5.60. The maximum atomic E-state index is 5.60. The van der Waals surface area contributed by atoms with Crippen LogP contribution < -0.4 is 5.73 Å². The minimum atomic E-state index is 0.609. The molecule has 0 aromatic heterocycles. The van der Waals surface area contributed by atoms with Gasteiger partial charge in [-0.25, -0.2) is 0 Å². The third kappa shape index (κ3) is 2.01. The average Bonchev–Trinajstić information content (AvgIpc) is 2.00. The standard InChI is InChI=1S/C7H13N3/c1-5(9-3)7(8)6(2)10-4/h3,8H2,1-2,4H3/b7-5+,10-6?. The van der Waals surface area contributed by atoms with E-state index in [2.05, 4.69) is 16.7 Å². The van der Waals surface area contributed by atoms with Crippen molar-refractivity contribution in [3.8, 4) is 0 Å². The molecule has 3 nitrogen and oxygen atoms in total. The third-order valence-corrected chi connectivity index (χ3v) is 1.35. The Morgan fingerprint density at radius 1 is 1.40 bits per heavy atom. The molecule has 0 aromatic rings. The molecule has 0 aliphatic heterocycles. The van der Waals surface area contributed by atoms with Crippen LogP contribution in [0.4, 0.5) is 0 Å². The van der Waals surface area contributed by atoms with Gasteiger partial charge < -0.3 is 5.73 Å². The van der Waals surface area contributed by atoms with E-state index in [1.807, 2.05) is 6.92 Å². The largest absolute Gasteiger partial charge is 0.396 e. The van der Waals surface area contributed by atoms with Gasteiger partial charge in [-0.3, -0.25) is 9.98 Å². The Morgan fingerprint density at radius 3 is 2.20 bits per heavy atom. The van der Waals surface area contributed by atoms with Gasteiger partial charge in [-0.15, -0.1) is 0 Å². The van der Waals surface area contributed by atoms with Crippen LogP contribution >= 0.6 is 0 Å². The highest BCUT2D eigenvalue weighted by molar-refractivity contribution is 5.97. The Balaban J connectivity index is 4.63. The van der Waals surface area contributed by atoms with E-state index in [9.17, 15) is 0 Å². The van der Waals surface area contributed by atoms with Gasteiger partial charge >= 0.3 is 0 Å². The van der Waals surface area contributed by atoms with Crippen LogP contribution in [0.5, 0.6) is 0 Å². The van der Waals surface area contributed by atoms with Gasteiger partial charge in [-0.2, -0.15) is 0 Å². The maximum Gasteiger partial charge on any atom is 0.0740 e. The fourth-order valence-corrected chi connectivity index (χ4v) is 0.467. The van der Waals surface area contributed by atoms with Crippen molar-refractivity contribution in [2.75, 3.05) is 7.05 Å². The first-order valence-electron chi connectivity index (χ1n) is 3.00. The summed E-state index contributed by atoms with van der Waals surface area (Å²) in [7, 11) is 1.69. The van der Waals surface area contributed by atoms with Gasteiger partial charge in [-0.05, 0) is 20.6 Å². The minimum Gasteiger partial charge on any atom is -0.396 e. The molecule has 0 bridgehead atoms. The van der Waals surface area contributed by atoms with E-state index in [1.54, 1.807) is 14.0 Å². The zero-order valence-electron chi connectivity index (χ0n) is 6.68. The number of nitrogens with two attached hydrogens (primary N) is 1. The van der Waals surface area contributed by atoms with Crippen LogP contribution in [-0.2, 0) is 0 Å². The smallest absolute Gasteiger partial charge is 0.0740 e. The van der Waals surface area contributed by atoms with E-state index >= 15 is 0 Å². The van der Waals surface area contributed by atoms with Gasteiger partial charge in [-0.1, -0.05) is 0 Å². The highest BCUT2D eigenvalue weighted by Crippen LogP contribution is 1.99. The molecule has 0 unspecified atom stereocenters. The third-order valence-electron chi connectivity index (χ3n) is 1.35. The molecule has 2 N–H and O–H groups in total. The molecule has 0 saturated heterocycles. The van der Waals surface area contributed by atoms with Crippen molar-refractivity contribution in [2.45, 2.75) is 13.8 Å². The first kappa shape index (κ1) is 8.88. The minimum absolute atomic E-state index is 0.609. The zero-order chi connectivity index (χ0) is 8.15. The highest BCUT2D eigenvalue weighted by Gasteiger charge is 1.97. The molecular weight excluding hydrogens is 126 g/mol. The molecule has 0 rings (SSSR count). The Bertz CT molecular complexity index is 189. The molecule has 0 heterocycles. The van der Waals surface area contributed by atoms with Crippen LogP contribution in [0.15, 0.2) is 21.4 Å². The summed E-state index contributed by atoms with van der Waals surface area (Å²) < 4.78 is 0. The topological polar surface area (TPSA) is 50.7 Å². The summed E-state index contributed by atoms with van der Waals surface area (Å²) in [5.41, 5.74) is 7.73. The van der Waals surface area contributed by atoms with Crippen molar-refractivity contribution in [1.82, 2.24) is 0 Å². The van der Waals surface area contributed by atoms with Crippen LogP contribution in [-0.4, -0.2) is 19.5 Å². The van der Waals surface area contributed by atoms with Crippen molar-refractivity contribution in [3.63, 3.8) is 0 Å². The number of nitrogens with zero attached hydrogens (tertiary/aromatic N) is 2.